The lowest BCUT2D eigenvalue weighted by Crippen LogP contribution is -2.44. The molecule has 0 unspecified atom stereocenters. The monoisotopic (exact) mass is 586 g/mol. The van der Waals surface area contributed by atoms with Crippen molar-refractivity contribution in [2.75, 3.05) is 0 Å². The Hall–Kier alpha value is -5.71. The molecule has 0 aliphatic rings. The molecule has 0 bridgehead atoms. The largest absolute Gasteiger partial charge is 0.457 e. The molecule has 0 radical (unpaired) electrons. The molecule has 0 aromatic heterocycles. The van der Waals surface area contributed by atoms with Crippen molar-refractivity contribution in [3.63, 3.8) is 0 Å². The van der Waals surface area contributed by atoms with E-state index in [1.807, 2.05) is 0 Å². The molecule has 5 aromatic rings. The molecular formula is C32H21F3N2O6. The summed E-state index contributed by atoms with van der Waals surface area (Å²) in [5.41, 5.74) is -2.94. The minimum absolute atomic E-state index is 0.00410. The Balaban J connectivity index is 1.51. The molecule has 0 saturated carbocycles. The summed E-state index contributed by atoms with van der Waals surface area (Å²) in [6, 6.07) is 29.2. The predicted molar refractivity (Wildman–Crippen MR) is 152 cm³/mol. The number of halogens is 3. The maximum Gasteiger partial charge on any atom is 0.406 e. The molecule has 216 valence electrons. The van der Waals surface area contributed by atoms with Crippen molar-refractivity contribution >= 4 is 11.4 Å². The molecule has 0 spiro atoms. The Bertz CT molecular complexity index is 1620. The van der Waals surface area contributed by atoms with Gasteiger partial charge in [-0.05, 0) is 65.2 Å². The van der Waals surface area contributed by atoms with E-state index in [0.29, 0.717) is 0 Å². The number of hydrogen-bond acceptors (Lipinski definition) is 6. The Morgan fingerprint density at radius 2 is 0.767 bits per heavy atom. The van der Waals surface area contributed by atoms with Crippen LogP contribution in [0.4, 0.5) is 24.5 Å². The van der Waals surface area contributed by atoms with Crippen LogP contribution in [0.2, 0.25) is 0 Å². The van der Waals surface area contributed by atoms with Crippen LogP contribution >= 0.6 is 0 Å². The zero-order chi connectivity index (χ0) is 30.6. The van der Waals surface area contributed by atoms with Crippen molar-refractivity contribution < 1.29 is 32.5 Å². The van der Waals surface area contributed by atoms with Gasteiger partial charge in [0.2, 0.25) is 0 Å². The van der Waals surface area contributed by atoms with Crippen LogP contribution in [0.25, 0.3) is 0 Å². The number of non-ortho nitro benzene ring substituents is 2. The van der Waals surface area contributed by atoms with Gasteiger partial charge in [-0.15, -0.1) is 0 Å². The molecule has 0 amide bonds. The highest BCUT2D eigenvalue weighted by atomic mass is 19.4. The summed E-state index contributed by atoms with van der Waals surface area (Å²) >= 11 is 0. The van der Waals surface area contributed by atoms with Crippen LogP contribution in [-0.2, 0) is 5.41 Å². The summed E-state index contributed by atoms with van der Waals surface area (Å²) in [6.07, 6.45) is -4.78. The van der Waals surface area contributed by atoms with Crippen LogP contribution in [0.15, 0.2) is 127 Å². The van der Waals surface area contributed by atoms with E-state index in [1.54, 1.807) is 6.07 Å². The average Bonchev–Trinajstić information content (AvgIpc) is 2.99. The topological polar surface area (TPSA) is 105 Å². The van der Waals surface area contributed by atoms with Gasteiger partial charge in [0.15, 0.2) is 0 Å². The van der Waals surface area contributed by atoms with E-state index in [4.69, 9.17) is 9.47 Å². The van der Waals surface area contributed by atoms with Gasteiger partial charge in [-0.1, -0.05) is 54.6 Å². The van der Waals surface area contributed by atoms with Gasteiger partial charge >= 0.3 is 6.18 Å². The van der Waals surface area contributed by atoms with Gasteiger partial charge in [-0.2, -0.15) is 13.2 Å². The van der Waals surface area contributed by atoms with Gasteiger partial charge in [0.1, 0.15) is 28.4 Å². The first-order valence-corrected chi connectivity index (χ1v) is 12.8. The van der Waals surface area contributed by atoms with Crippen LogP contribution in [0.5, 0.6) is 23.0 Å². The predicted octanol–water partition coefficient (Wildman–Crippen LogP) is 8.98. The normalized spacial score (nSPS) is 11.5. The molecule has 11 heteroatoms. The first kappa shape index (κ1) is 28.8. The van der Waals surface area contributed by atoms with Crippen LogP contribution in [-0.4, -0.2) is 16.0 Å². The molecule has 0 heterocycles. The van der Waals surface area contributed by atoms with Crippen LogP contribution in [0, 0.1) is 20.2 Å². The van der Waals surface area contributed by atoms with Crippen molar-refractivity contribution in [2.45, 2.75) is 11.6 Å². The fourth-order valence-corrected chi connectivity index (χ4v) is 4.77. The number of nitro benzene ring substituents is 2. The van der Waals surface area contributed by atoms with Gasteiger partial charge in [0.05, 0.1) is 9.85 Å². The molecule has 5 rings (SSSR count). The summed E-state index contributed by atoms with van der Waals surface area (Å²) in [6.45, 7) is 0. The molecule has 0 N–H and O–H groups in total. The van der Waals surface area contributed by atoms with E-state index in [-0.39, 0.29) is 51.1 Å². The van der Waals surface area contributed by atoms with Crippen molar-refractivity contribution in [3.8, 4) is 23.0 Å². The van der Waals surface area contributed by atoms with Crippen molar-refractivity contribution in [2.24, 2.45) is 0 Å². The zero-order valence-electron chi connectivity index (χ0n) is 22.1. The fourth-order valence-electron chi connectivity index (χ4n) is 4.77. The Morgan fingerprint density at radius 1 is 0.465 bits per heavy atom. The van der Waals surface area contributed by atoms with Crippen LogP contribution < -0.4 is 9.47 Å². The first-order valence-electron chi connectivity index (χ1n) is 12.8. The maximum absolute atomic E-state index is 15.4. The Labute approximate surface area is 242 Å². The number of nitro groups is 2. The number of nitrogens with zero attached hydrogens (tertiary/aromatic N) is 2. The molecule has 0 aliphatic carbocycles. The average molecular weight is 587 g/mol. The molecule has 0 saturated heterocycles. The third kappa shape index (κ3) is 5.87. The molecule has 5 aromatic carbocycles. The lowest BCUT2D eigenvalue weighted by atomic mass is 9.69. The van der Waals surface area contributed by atoms with Crippen molar-refractivity contribution in [3.05, 3.63) is 164 Å². The third-order valence-electron chi connectivity index (χ3n) is 6.77. The molecule has 8 nitrogen and oxygen atoms in total. The van der Waals surface area contributed by atoms with E-state index in [2.05, 4.69) is 0 Å². The number of ether oxygens (including phenoxy) is 2. The van der Waals surface area contributed by atoms with Gasteiger partial charge in [0.25, 0.3) is 11.4 Å². The Kier molecular flexibility index (Phi) is 7.80. The molecule has 0 aliphatic heterocycles. The number of benzene rings is 5. The van der Waals surface area contributed by atoms with Gasteiger partial charge < -0.3 is 9.47 Å². The lowest BCUT2D eigenvalue weighted by molar-refractivity contribution is -0.385. The second kappa shape index (κ2) is 11.6. The van der Waals surface area contributed by atoms with E-state index in [1.165, 1.54) is 121 Å². The van der Waals surface area contributed by atoms with E-state index in [0.717, 1.165) is 0 Å². The fraction of sp³-hybridized carbons (Fsp3) is 0.0625. The first-order chi connectivity index (χ1) is 20.6. The molecule has 0 fully saturated rings. The highest BCUT2D eigenvalue weighted by molar-refractivity contribution is 5.54. The standard InChI is InChI=1S/C32H21F3N2O6/c33-32(34,35)31(22-4-2-1-3-5-22,23-6-14-27(15-7-23)42-29-18-10-25(11-19-29)36(38)39)24-8-16-28(17-9-24)43-30-20-12-26(13-21-30)37(40)41/h1-21H. The third-order valence-corrected chi connectivity index (χ3v) is 6.77. The Morgan fingerprint density at radius 3 is 1.07 bits per heavy atom. The smallest absolute Gasteiger partial charge is 0.406 e. The summed E-state index contributed by atoms with van der Waals surface area (Å²) in [5.74, 6) is 1.06. The van der Waals surface area contributed by atoms with Gasteiger partial charge in [-0.25, -0.2) is 0 Å². The number of rotatable bonds is 9. The van der Waals surface area contributed by atoms with Crippen molar-refractivity contribution in [1.82, 2.24) is 0 Å². The van der Waals surface area contributed by atoms with Gasteiger partial charge in [0, 0.05) is 24.3 Å². The van der Waals surface area contributed by atoms with E-state index < -0.39 is 21.4 Å². The molecule has 43 heavy (non-hydrogen) atoms. The molecule has 0 atom stereocenters. The zero-order valence-corrected chi connectivity index (χ0v) is 22.1. The highest BCUT2D eigenvalue weighted by Crippen LogP contribution is 2.51. The van der Waals surface area contributed by atoms with Crippen molar-refractivity contribution in [1.29, 1.82) is 0 Å². The van der Waals surface area contributed by atoms with E-state index >= 15 is 13.2 Å². The second-order valence-electron chi connectivity index (χ2n) is 9.37. The van der Waals surface area contributed by atoms with Gasteiger partial charge in [-0.3, -0.25) is 20.2 Å². The minimum Gasteiger partial charge on any atom is -0.457 e. The highest BCUT2D eigenvalue weighted by Gasteiger charge is 2.58. The summed E-state index contributed by atoms with van der Waals surface area (Å²) in [4.78, 5) is 20.7. The van der Waals surface area contributed by atoms with E-state index in [9.17, 15) is 20.2 Å². The summed E-state index contributed by atoms with van der Waals surface area (Å²) in [5, 5.41) is 21.8. The minimum atomic E-state index is -4.78. The SMILES string of the molecule is O=[N+]([O-])c1ccc(Oc2ccc(C(c3ccccc3)(c3ccc(Oc4ccc([N+](=O)[O-])cc4)cc3)C(F)(F)F)cc2)cc1. The number of alkyl halides is 3. The second-order valence-corrected chi connectivity index (χ2v) is 9.37. The van der Waals surface area contributed by atoms with Crippen LogP contribution in [0.1, 0.15) is 16.7 Å². The number of hydrogen-bond donors (Lipinski definition) is 0. The lowest BCUT2D eigenvalue weighted by Gasteiger charge is -2.37. The summed E-state index contributed by atoms with van der Waals surface area (Å²) < 4.78 is 57.5. The summed E-state index contributed by atoms with van der Waals surface area (Å²) in [7, 11) is 0. The quantitative estimate of drug-likeness (QED) is 0.0970. The maximum atomic E-state index is 15.4. The van der Waals surface area contributed by atoms with Crippen LogP contribution in [0.3, 0.4) is 0 Å². The molecular weight excluding hydrogens is 565 g/mol.